The van der Waals surface area contributed by atoms with E-state index in [9.17, 15) is 0 Å². The molecule has 1 aromatic rings. The zero-order chi connectivity index (χ0) is 14.3. The van der Waals surface area contributed by atoms with Crippen molar-refractivity contribution in [1.29, 1.82) is 0 Å². The standard InChI is InChI=1S/C17H30N2/c1-6-14(7-2)12-17(18-8-3)15-10-9-11-16(13-15)19(4)5/h9-11,13-14,17-18H,6-8,12H2,1-5H3. The number of hydrogen-bond donors (Lipinski definition) is 1. The average Bonchev–Trinajstić information content (AvgIpc) is 2.43. The van der Waals surface area contributed by atoms with Crippen molar-refractivity contribution in [2.24, 2.45) is 5.92 Å². The quantitative estimate of drug-likeness (QED) is 0.754. The van der Waals surface area contributed by atoms with Crippen molar-refractivity contribution in [1.82, 2.24) is 5.32 Å². The molecule has 0 aliphatic rings. The van der Waals surface area contributed by atoms with Crippen molar-refractivity contribution in [3.8, 4) is 0 Å². The lowest BCUT2D eigenvalue weighted by Crippen LogP contribution is -2.23. The molecule has 19 heavy (non-hydrogen) atoms. The Bertz CT molecular complexity index is 356. The highest BCUT2D eigenvalue weighted by Crippen LogP contribution is 2.27. The number of benzene rings is 1. The topological polar surface area (TPSA) is 15.3 Å². The van der Waals surface area contributed by atoms with Crippen LogP contribution < -0.4 is 10.2 Å². The van der Waals surface area contributed by atoms with E-state index < -0.39 is 0 Å². The molecule has 0 aliphatic carbocycles. The summed E-state index contributed by atoms with van der Waals surface area (Å²) >= 11 is 0. The van der Waals surface area contributed by atoms with Crippen LogP contribution in [-0.4, -0.2) is 20.6 Å². The fourth-order valence-corrected chi connectivity index (χ4v) is 2.56. The second-order valence-electron chi connectivity index (χ2n) is 5.52. The Morgan fingerprint density at radius 2 is 1.79 bits per heavy atom. The summed E-state index contributed by atoms with van der Waals surface area (Å²) in [6.07, 6.45) is 3.77. The Hall–Kier alpha value is -1.02. The molecule has 0 saturated heterocycles. The van der Waals surface area contributed by atoms with Gasteiger partial charge in [-0.3, -0.25) is 0 Å². The van der Waals surface area contributed by atoms with E-state index in [2.05, 4.69) is 69.3 Å². The van der Waals surface area contributed by atoms with Gasteiger partial charge in [-0.05, 0) is 36.6 Å². The van der Waals surface area contributed by atoms with E-state index in [0.717, 1.165) is 12.5 Å². The molecule has 0 spiro atoms. The molecule has 0 radical (unpaired) electrons. The number of hydrogen-bond acceptors (Lipinski definition) is 2. The van der Waals surface area contributed by atoms with Crippen molar-refractivity contribution in [2.45, 2.75) is 46.1 Å². The van der Waals surface area contributed by atoms with Gasteiger partial charge < -0.3 is 10.2 Å². The number of anilines is 1. The maximum absolute atomic E-state index is 3.65. The van der Waals surface area contributed by atoms with Gasteiger partial charge in [0.25, 0.3) is 0 Å². The van der Waals surface area contributed by atoms with Crippen LogP contribution in [0.25, 0.3) is 0 Å². The van der Waals surface area contributed by atoms with Crippen molar-refractivity contribution in [3.63, 3.8) is 0 Å². The minimum absolute atomic E-state index is 0.481. The molecule has 0 heterocycles. The maximum atomic E-state index is 3.65. The van der Waals surface area contributed by atoms with Crippen LogP contribution in [0.1, 0.15) is 51.6 Å². The first kappa shape index (κ1) is 16.0. The van der Waals surface area contributed by atoms with E-state index in [1.807, 2.05) is 0 Å². The van der Waals surface area contributed by atoms with Gasteiger partial charge in [0.05, 0.1) is 0 Å². The predicted molar refractivity (Wildman–Crippen MR) is 85.9 cm³/mol. The second-order valence-corrected chi connectivity index (χ2v) is 5.52. The number of rotatable bonds is 8. The molecule has 0 aliphatic heterocycles. The molecular formula is C17H30N2. The van der Waals surface area contributed by atoms with E-state index in [-0.39, 0.29) is 0 Å². The van der Waals surface area contributed by atoms with Gasteiger partial charge in [-0.1, -0.05) is 45.7 Å². The smallest absolute Gasteiger partial charge is 0.0364 e. The number of nitrogens with zero attached hydrogens (tertiary/aromatic N) is 1. The third-order valence-corrected chi connectivity index (χ3v) is 3.96. The van der Waals surface area contributed by atoms with Crippen LogP contribution in [0.4, 0.5) is 5.69 Å². The summed E-state index contributed by atoms with van der Waals surface area (Å²) < 4.78 is 0. The lowest BCUT2D eigenvalue weighted by molar-refractivity contribution is 0.375. The van der Waals surface area contributed by atoms with Crippen LogP contribution in [0.2, 0.25) is 0 Å². The van der Waals surface area contributed by atoms with E-state index in [1.54, 1.807) is 0 Å². The molecule has 1 N–H and O–H groups in total. The molecule has 108 valence electrons. The third-order valence-electron chi connectivity index (χ3n) is 3.96. The first-order valence-electron chi connectivity index (χ1n) is 7.62. The lowest BCUT2D eigenvalue weighted by atomic mass is 9.91. The fourth-order valence-electron chi connectivity index (χ4n) is 2.56. The van der Waals surface area contributed by atoms with Crippen LogP contribution >= 0.6 is 0 Å². The Morgan fingerprint density at radius 3 is 2.32 bits per heavy atom. The predicted octanol–water partition coefficient (Wildman–Crippen LogP) is 4.23. The summed E-state index contributed by atoms with van der Waals surface area (Å²) in [5, 5.41) is 3.65. The van der Waals surface area contributed by atoms with Gasteiger partial charge >= 0.3 is 0 Å². The van der Waals surface area contributed by atoms with Crippen molar-refractivity contribution in [3.05, 3.63) is 29.8 Å². The summed E-state index contributed by atoms with van der Waals surface area (Å²) in [7, 11) is 4.20. The van der Waals surface area contributed by atoms with Crippen LogP contribution in [0.5, 0.6) is 0 Å². The van der Waals surface area contributed by atoms with E-state index in [1.165, 1.54) is 30.5 Å². The molecule has 1 aromatic carbocycles. The van der Waals surface area contributed by atoms with E-state index in [0.29, 0.717) is 6.04 Å². The molecule has 0 bridgehead atoms. The Labute approximate surface area is 119 Å². The Morgan fingerprint density at radius 1 is 1.11 bits per heavy atom. The summed E-state index contributed by atoms with van der Waals surface area (Å²) in [4.78, 5) is 2.17. The van der Waals surface area contributed by atoms with Crippen LogP contribution in [0.3, 0.4) is 0 Å². The molecule has 0 amide bonds. The molecule has 1 atom stereocenters. The highest BCUT2D eigenvalue weighted by molar-refractivity contribution is 5.47. The summed E-state index contributed by atoms with van der Waals surface area (Å²) in [5.74, 6) is 0.812. The lowest BCUT2D eigenvalue weighted by Gasteiger charge is -2.24. The first-order valence-corrected chi connectivity index (χ1v) is 7.62. The normalized spacial score (nSPS) is 12.7. The SMILES string of the molecule is CCNC(CC(CC)CC)c1cccc(N(C)C)c1. The zero-order valence-corrected chi connectivity index (χ0v) is 13.2. The molecule has 2 heteroatoms. The van der Waals surface area contributed by atoms with Crippen molar-refractivity contribution in [2.75, 3.05) is 25.5 Å². The number of nitrogens with one attached hydrogen (secondary N) is 1. The first-order chi connectivity index (χ1) is 9.12. The highest BCUT2D eigenvalue weighted by atomic mass is 15.1. The molecule has 1 unspecified atom stereocenters. The third kappa shape index (κ3) is 4.87. The highest BCUT2D eigenvalue weighted by Gasteiger charge is 2.15. The van der Waals surface area contributed by atoms with Crippen molar-refractivity contribution >= 4 is 5.69 Å². The fraction of sp³-hybridized carbons (Fsp3) is 0.647. The Kier molecular flexibility index (Phi) is 6.93. The van der Waals surface area contributed by atoms with Gasteiger partial charge in [-0.15, -0.1) is 0 Å². The monoisotopic (exact) mass is 262 g/mol. The Balaban J connectivity index is 2.88. The van der Waals surface area contributed by atoms with Gasteiger partial charge in [0.15, 0.2) is 0 Å². The van der Waals surface area contributed by atoms with Crippen LogP contribution in [-0.2, 0) is 0 Å². The van der Waals surface area contributed by atoms with Crippen LogP contribution in [0.15, 0.2) is 24.3 Å². The van der Waals surface area contributed by atoms with Gasteiger partial charge in [0, 0.05) is 25.8 Å². The molecule has 1 rings (SSSR count). The average molecular weight is 262 g/mol. The minimum atomic E-state index is 0.481. The van der Waals surface area contributed by atoms with Crippen molar-refractivity contribution < 1.29 is 0 Å². The summed E-state index contributed by atoms with van der Waals surface area (Å²) in [6.45, 7) is 7.81. The van der Waals surface area contributed by atoms with Gasteiger partial charge in [0.1, 0.15) is 0 Å². The second kappa shape index (κ2) is 8.21. The minimum Gasteiger partial charge on any atom is -0.378 e. The van der Waals surface area contributed by atoms with E-state index in [4.69, 9.17) is 0 Å². The molecule has 0 aromatic heterocycles. The molecular weight excluding hydrogens is 232 g/mol. The maximum Gasteiger partial charge on any atom is 0.0364 e. The van der Waals surface area contributed by atoms with Crippen LogP contribution in [0, 0.1) is 5.92 Å². The molecule has 0 saturated carbocycles. The molecule has 0 fully saturated rings. The summed E-state index contributed by atoms with van der Waals surface area (Å²) in [6, 6.07) is 9.39. The zero-order valence-electron chi connectivity index (χ0n) is 13.2. The van der Waals surface area contributed by atoms with Gasteiger partial charge in [-0.2, -0.15) is 0 Å². The van der Waals surface area contributed by atoms with Gasteiger partial charge in [0.2, 0.25) is 0 Å². The van der Waals surface area contributed by atoms with E-state index >= 15 is 0 Å². The summed E-state index contributed by atoms with van der Waals surface area (Å²) in [5.41, 5.74) is 2.70. The van der Waals surface area contributed by atoms with Gasteiger partial charge in [-0.25, -0.2) is 0 Å². The molecule has 2 nitrogen and oxygen atoms in total. The largest absolute Gasteiger partial charge is 0.378 e.